The van der Waals surface area contributed by atoms with Gasteiger partial charge in [-0.15, -0.1) is 0 Å². The maximum atomic E-state index is 10.9. The van der Waals surface area contributed by atoms with E-state index in [0.29, 0.717) is 19.3 Å². The van der Waals surface area contributed by atoms with E-state index in [2.05, 4.69) is 0 Å². The highest BCUT2D eigenvalue weighted by atomic mass is 16.4. The summed E-state index contributed by atoms with van der Waals surface area (Å²) in [6, 6.07) is 9.57. The molecule has 1 atom stereocenters. The predicted molar refractivity (Wildman–Crippen MR) is 57.6 cm³/mol. The lowest BCUT2D eigenvalue weighted by atomic mass is 9.95. The molecule has 82 valence electrons. The summed E-state index contributed by atoms with van der Waals surface area (Å²) in [7, 11) is 0. The Bertz CT molecular complexity index is 295. The zero-order chi connectivity index (χ0) is 11.1. The first kappa shape index (κ1) is 11.7. The van der Waals surface area contributed by atoms with Crippen molar-refractivity contribution in [2.24, 2.45) is 5.92 Å². The Balaban J connectivity index is 2.55. The summed E-state index contributed by atoms with van der Waals surface area (Å²) in [5, 5.41) is 17.6. The fraction of sp³-hybridized carbons (Fsp3) is 0.417. The van der Waals surface area contributed by atoms with Crippen molar-refractivity contribution in [1.29, 1.82) is 0 Å². The molecule has 0 aliphatic carbocycles. The van der Waals surface area contributed by atoms with Crippen LogP contribution in [0.5, 0.6) is 0 Å². The van der Waals surface area contributed by atoms with Crippen LogP contribution in [-0.4, -0.2) is 22.8 Å². The number of carboxylic acid groups (broad SMARTS) is 1. The van der Waals surface area contributed by atoms with Gasteiger partial charge in [-0.1, -0.05) is 30.3 Å². The van der Waals surface area contributed by atoms with Gasteiger partial charge in [-0.25, -0.2) is 0 Å². The van der Waals surface area contributed by atoms with E-state index in [0.717, 1.165) is 5.56 Å². The lowest BCUT2D eigenvalue weighted by Gasteiger charge is -2.11. The van der Waals surface area contributed by atoms with E-state index in [1.807, 2.05) is 30.3 Å². The largest absolute Gasteiger partial charge is 0.481 e. The van der Waals surface area contributed by atoms with E-state index in [1.165, 1.54) is 0 Å². The molecule has 0 saturated carbocycles. The summed E-state index contributed by atoms with van der Waals surface area (Å²) in [5.41, 5.74) is 1.03. The van der Waals surface area contributed by atoms with Gasteiger partial charge in [0.15, 0.2) is 0 Å². The number of rotatable bonds is 6. The number of aliphatic carboxylic acids is 1. The van der Waals surface area contributed by atoms with Gasteiger partial charge in [-0.05, 0) is 24.8 Å². The van der Waals surface area contributed by atoms with E-state index in [1.54, 1.807) is 0 Å². The highest BCUT2D eigenvalue weighted by Crippen LogP contribution is 2.14. The minimum absolute atomic E-state index is 0.0541. The molecule has 2 N–H and O–H groups in total. The zero-order valence-electron chi connectivity index (χ0n) is 8.60. The molecule has 3 nitrogen and oxygen atoms in total. The van der Waals surface area contributed by atoms with Gasteiger partial charge in [0, 0.05) is 6.61 Å². The Morgan fingerprint density at radius 1 is 1.27 bits per heavy atom. The van der Waals surface area contributed by atoms with Crippen molar-refractivity contribution in [3.05, 3.63) is 35.9 Å². The smallest absolute Gasteiger partial charge is 0.306 e. The van der Waals surface area contributed by atoms with Crippen LogP contribution < -0.4 is 0 Å². The number of benzene rings is 1. The molecule has 0 bridgehead atoms. The maximum Gasteiger partial charge on any atom is 0.306 e. The molecule has 3 heteroatoms. The number of aliphatic hydroxyl groups excluding tert-OH is 1. The van der Waals surface area contributed by atoms with Crippen LogP contribution in [0.3, 0.4) is 0 Å². The first-order valence-corrected chi connectivity index (χ1v) is 5.11. The monoisotopic (exact) mass is 208 g/mol. The van der Waals surface area contributed by atoms with Gasteiger partial charge in [0.1, 0.15) is 0 Å². The van der Waals surface area contributed by atoms with Gasteiger partial charge in [0.05, 0.1) is 5.92 Å². The molecule has 0 spiro atoms. The average molecular weight is 208 g/mol. The number of carbonyl (C=O) groups is 1. The van der Waals surface area contributed by atoms with Crippen molar-refractivity contribution in [2.45, 2.75) is 19.3 Å². The zero-order valence-corrected chi connectivity index (χ0v) is 8.60. The fourth-order valence-corrected chi connectivity index (χ4v) is 1.55. The Morgan fingerprint density at radius 2 is 1.93 bits per heavy atom. The minimum Gasteiger partial charge on any atom is -0.481 e. The van der Waals surface area contributed by atoms with Crippen LogP contribution in [0.15, 0.2) is 30.3 Å². The average Bonchev–Trinajstić information content (AvgIpc) is 2.25. The van der Waals surface area contributed by atoms with Gasteiger partial charge in [-0.3, -0.25) is 4.79 Å². The number of aliphatic hydroxyl groups is 1. The second-order valence-corrected chi connectivity index (χ2v) is 3.59. The van der Waals surface area contributed by atoms with Crippen molar-refractivity contribution >= 4 is 5.97 Å². The van der Waals surface area contributed by atoms with Crippen LogP contribution in [0, 0.1) is 5.92 Å². The van der Waals surface area contributed by atoms with Crippen LogP contribution in [0.25, 0.3) is 0 Å². The molecule has 0 aromatic heterocycles. The summed E-state index contributed by atoms with van der Waals surface area (Å²) in [6.45, 7) is 0.0541. The minimum atomic E-state index is -0.785. The topological polar surface area (TPSA) is 57.5 Å². The summed E-state index contributed by atoms with van der Waals surface area (Å²) in [5.74, 6) is -1.17. The maximum absolute atomic E-state index is 10.9. The highest BCUT2D eigenvalue weighted by molar-refractivity contribution is 5.70. The van der Waals surface area contributed by atoms with Crippen molar-refractivity contribution < 1.29 is 15.0 Å². The van der Waals surface area contributed by atoms with Gasteiger partial charge < -0.3 is 10.2 Å². The summed E-state index contributed by atoms with van der Waals surface area (Å²) < 4.78 is 0. The number of hydrogen-bond donors (Lipinski definition) is 2. The Labute approximate surface area is 89.4 Å². The molecule has 0 saturated heterocycles. The molecule has 0 aliphatic heterocycles. The molecule has 0 radical (unpaired) electrons. The molecular formula is C12H16O3. The molecule has 15 heavy (non-hydrogen) atoms. The summed E-state index contributed by atoms with van der Waals surface area (Å²) in [4.78, 5) is 10.9. The van der Waals surface area contributed by atoms with Crippen LogP contribution in [-0.2, 0) is 11.2 Å². The molecule has 1 aromatic carbocycles. The Hall–Kier alpha value is -1.35. The SMILES string of the molecule is O=C(O)[C@H](CCCO)Cc1ccccc1. The van der Waals surface area contributed by atoms with Crippen LogP contribution in [0.2, 0.25) is 0 Å². The van der Waals surface area contributed by atoms with Crippen molar-refractivity contribution in [1.82, 2.24) is 0 Å². The van der Waals surface area contributed by atoms with Crippen molar-refractivity contribution in [3.63, 3.8) is 0 Å². The van der Waals surface area contributed by atoms with Crippen LogP contribution >= 0.6 is 0 Å². The number of carboxylic acids is 1. The van der Waals surface area contributed by atoms with Crippen molar-refractivity contribution in [3.8, 4) is 0 Å². The van der Waals surface area contributed by atoms with Gasteiger partial charge in [0.25, 0.3) is 0 Å². The van der Waals surface area contributed by atoms with E-state index in [-0.39, 0.29) is 12.5 Å². The normalized spacial score (nSPS) is 12.3. The molecule has 0 fully saturated rings. The Morgan fingerprint density at radius 3 is 2.47 bits per heavy atom. The van der Waals surface area contributed by atoms with Gasteiger partial charge in [-0.2, -0.15) is 0 Å². The molecule has 0 amide bonds. The van der Waals surface area contributed by atoms with E-state index >= 15 is 0 Å². The van der Waals surface area contributed by atoms with E-state index in [9.17, 15) is 4.79 Å². The van der Waals surface area contributed by atoms with E-state index < -0.39 is 5.97 Å². The third-order valence-electron chi connectivity index (χ3n) is 2.38. The quantitative estimate of drug-likeness (QED) is 0.748. The third kappa shape index (κ3) is 4.13. The van der Waals surface area contributed by atoms with Gasteiger partial charge in [0.2, 0.25) is 0 Å². The fourth-order valence-electron chi connectivity index (χ4n) is 1.55. The molecular weight excluding hydrogens is 192 g/mol. The Kier molecular flexibility index (Phi) is 4.84. The lowest BCUT2D eigenvalue weighted by Crippen LogP contribution is -2.16. The van der Waals surface area contributed by atoms with Crippen molar-refractivity contribution in [2.75, 3.05) is 6.61 Å². The highest BCUT2D eigenvalue weighted by Gasteiger charge is 2.16. The van der Waals surface area contributed by atoms with Gasteiger partial charge >= 0.3 is 5.97 Å². The van der Waals surface area contributed by atoms with Crippen LogP contribution in [0.4, 0.5) is 0 Å². The standard InChI is InChI=1S/C12H16O3/c13-8-4-7-11(12(14)15)9-10-5-2-1-3-6-10/h1-3,5-6,11,13H,4,7-9H2,(H,14,15)/t11-/m1/s1. The van der Waals surface area contributed by atoms with E-state index in [4.69, 9.17) is 10.2 Å². The molecule has 0 heterocycles. The summed E-state index contributed by atoms with van der Waals surface area (Å²) >= 11 is 0. The second kappa shape index (κ2) is 6.19. The summed E-state index contributed by atoms with van der Waals surface area (Å²) in [6.07, 6.45) is 1.61. The number of hydrogen-bond acceptors (Lipinski definition) is 2. The third-order valence-corrected chi connectivity index (χ3v) is 2.38. The predicted octanol–water partition coefficient (Wildman–Crippen LogP) is 1.70. The molecule has 0 aliphatic rings. The molecule has 0 unspecified atom stereocenters. The first-order chi connectivity index (χ1) is 7.24. The molecule has 1 aromatic rings. The van der Waals surface area contributed by atoms with Crippen LogP contribution in [0.1, 0.15) is 18.4 Å². The first-order valence-electron chi connectivity index (χ1n) is 5.11. The lowest BCUT2D eigenvalue weighted by molar-refractivity contribution is -0.142. The second-order valence-electron chi connectivity index (χ2n) is 3.59. The molecule has 1 rings (SSSR count).